The molecule has 1 spiro atoms. The standard InChI is InChI=1S/C31H46O7/c1-6-7-12-15-23-20-31(21-36-31)29(30(4)24(38-30)19-18-22(2)3)28(35-5)27(23)37-26(34)17-14-11-9-8-10-13-16-25(32)33/h8-11,13-14,16-17,22-24,27-29H,6-7,12,15,18-21H2,1-5H3,(H,32,33)/b10-8+,11-9+,16-13+,17-14+/t23-,24-,27-,28-,29-,30?,31+/m1/s1. The number of carboxylic acids is 1. The van der Waals surface area contributed by atoms with Crippen LogP contribution in [0.15, 0.2) is 48.6 Å². The number of methoxy groups -OCH3 is 1. The number of hydrogen-bond acceptors (Lipinski definition) is 6. The Kier molecular flexibility index (Phi) is 10.9. The van der Waals surface area contributed by atoms with Crippen molar-refractivity contribution < 1.29 is 33.6 Å². The summed E-state index contributed by atoms with van der Waals surface area (Å²) in [6.45, 7) is 9.54. The third-order valence-electron chi connectivity index (χ3n) is 8.14. The number of rotatable bonds is 15. The van der Waals surface area contributed by atoms with Gasteiger partial charge in [0, 0.05) is 25.2 Å². The summed E-state index contributed by atoms with van der Waals surface area (Å²) in [4.78, 5) is 23.4. The molecule has 1 saturated carbocycles. The molecule has 7 atom stereocenters. The van der Waals surface area contributed by atoms with Crippen molar-refractivity contribution in [2.75, 3.05) is 13.7 Å². The lowest BCUT2D eigenvalue weighted by molar-refractivity contribution is -0.179. The lowest BCUT2D eigenvalue weighted by atomic mass is 9.63. The lowest BCUT2D eigenvalue weighted by Crippen LogP contribution is -2.59. The number of carbonyl (C=O) groups excluding carboxylic acids is 1. The van der Waals surface area contributed by atoms with E-state index in [2.05, 4.69) is 27.7 Å². The van der Waals surface area contributed by atoms with Crippen molar-refractivity contribution in [1.29, 1.82) is 0 Å². The van der Waals surface area contributed by atoms with Gasteiger partial charge in [-0.15, -0.1) is 0 Å². The number of carbonyl (C=O) groups is 2. The molecule has 0 radical (unpaired) electrons. The van der Waals surface area contributed by atoms with Gasteiger partial charge in [0.25, 0.3) is 0 Å². The molecule has 0 aromatic rings. The Bertz CT molecular complexity index is 913. The minimum Gasteiger partial charge on any atom is -0.478 e. The van der Waals surface area contributed by atoms with Crippen LogP contribution in [0.2, 0.25) is 0 Å². The van der Waals surface area contributed by atoms with Crippen LogP contribution in [-0.2, 0) is 28.5 Å². The Morgan fingerprint density at radius 1 is 1.03 bits per heavy atom. The van der Waals surface area contributed by atoms with Gasteiger partial charge in [0.2, 0.25) is 0 Å². The number of ether oxygens (including phenoxy) is 4. The first-order chi connectivity index (χ1) is 18.2. The summed E-state index contributed by atoms with van der Waals surface area (Å²) in [7, 11) is 1.71. The highest BCUT2D eigenvalue weighted by Crippen LogP contribution is 2.61. The molecule has 1 aliphatic carbocycles. The highest BCUT2D eigenvalue weighted by molar-refractivity contribution is 5.82. The maximum Gasteiger partial charge on any atom is 0.331 e. The van der Waals surface area contributed by atoms with Crippen LogP contribution >= 0.6 is 0 Å². The van der Waals surface area contributed by atoms with Gasteiger partial charge in [0.1, 0.15) is 23.4 Å². The summed E-state index contributed by atoms with van der Waals surface area (Å²) in [5.41, 5.74) is -0.604. The number of aliphatic carboxylic acids is 1. The molecule has 2 aliphatic heterocycles. The second-order valence-electron chi connectivity index (χ2n) is 11.5. The highest BCUT2D eigenvalue weighted by Gasteiger charge is 2.73. The van der Waals surface area contributed by atoms with Crippen LogP contribution in [-0.4, -0.2) is 60.3 Å². The molecule has 1 N–H and O–H groups in total. The molecule has 38 heavy (non-hydrogen) atoms. The van der Waals surface area contributed by atoms with E-state index in [1.54, 1.807) is 37.5 Å². The average molecular weight is 531 g/mol. The fourth-order valence-corrected chi connectivity index (χ4v) is 6.12. The van der Waals surface area contributed by atoms with Crippen LogP contribution in [0.4, 0.5) is 0 Å². The molecule has 3 rings (SSSR count). The van der Waals surface area contributed by atoms with Crippen LogP contribution in [0.25, 0.3) is 0 Å². The van der Waals surface area contributed by atoms with Gasteiger partial charge in [-0.3, -0.25) is 0 Å². The number of esters is 1. The van der Waals surface area contributed by atoms with Gasteiger partial charge in [-0.05, 0) is 38.5 Å². The Morgan fingerprint density at radius 3 is 2.26 bits per heavy atom. The third kappa shape index (κ3) is 7.90. The summed E-state index contributed by atoms with van der Waals surface area (Å²) < 4.78 is 24.8. The van der Waals surface area contributed by atoms with E-state index in [0.717, 1.165) is 51.0 Å². The molecular weight excluding hydrogens is 484 g/mol. The summed E-state index contributed by atoms with van der Waals surface area (Å²) >= 11 is 0. The van der Waals surface area contributed by atoms with E-state index in [4.69, 9.17) is 24.1 Å². The van der Waals surface area contributed by atoms with Crippen molar-refractivity contribution in [3.63, 3.8) is 0 Å². The maximum absolute atomic E-state index is 12.9. The molecule has 1 unspecified atom stereocenters. The van der Waals surface area contributed by atoms with Crippen LogP contribution in [0.1, 0.15) is 72.6 Å². The monoisotopic (exact) mass is 530 g/mol. The van der Waals surface area contributed by atoms with Gasteiger partial charge in [0.05, 0.1) is 18.6 Å². The van der Waals surface area contributed by atoms with Gasteiger partial charge in [0.15, 0.2) is 0 Å². The van der Waals surface area contributed by atoms with E-state index < -0.39 is 11.9 Å². The van der Waals surface area contributed by atoms with Crippen LogP contribution in [0.3, 0.4) is 0 Å². The fraction of sp³-hybridized carbons (Fsp3) is 0.677. The predicted molar refractivity (Wildman–Crippen MR) is 147 cm³/mol. The van der Waals surface area contributed by atoms with E-state index in [9.17, 15) is 9.59 Å². The molecule has 3 aliphatic rings. The number of unbranched alkanes of at least 4 members (excludes halogenated alkanes) is 2. The molecule has 7 heteroatoms. The second kappa shape index (κ2) is 13.7. The second-order valence-corrected chi connectivity index (χ2v) is 11.5. The highest BCUT2D eigenvalue weighted by atomic mass is 16.6. The fourth-order valence-electron chi connectivity index (χ4n) is 6.12. The van der Waals surface area contributed by atoms with Crippen molar-refractivity contribution in [1.82, 2.24) is 0 Å². The summed E-state index contributed by atoms with van der Waals surface area (Å²) in [6, 6.07) is 0. The van der Waals surface area contributed by atoms with Crippen LogP contribution in [0, 0.1) is 17.8 Å². The number of hydrogen-bond donors (Lipinski definition) is 1. The SMILES string of the molecule is CCCCC[C@@H]1C[C@]2(CO2)[C@@H](C2(C)O[C@@H]2CCC(C)C)[C@H](OC)[C@@H]1OC(=O)/C=C/C=C/C=C/C=C/C(=O)O. The van der Waals surface area contributed by atoms with Crippen molar-refractivity contribution >= 4 is 11.9 Å². The predicted octanol–water partition coefficient (Wildman–Crippen LogP) is 5.80. The molecule has 212 valence electrons. The molecule has 2 saturated heterocycles. The van der Waals surface area contributed by atoms with Gasteiger partial charge < -0.3 is 24.1 Å². The van der Waals surface area contributed by atoms with Gasteiger partial charge in [-0.2, -0.15) is 0 Å². The average Bonchev–Trinajstić information content (AvgIpc) is 3.77. The topological polar surface area (TPSA) is 97.9 Å². The molecule has 3 fully saturated rings. The van der Waals surface area contributed by atoms with Crippen molar-refractivity contribution in [2.24, 2.45) is 17.8 Å². The number of carboxylic acid groups (broad SMARTS) is 1. The molecule has 0 bridgehead atoms. The molecule has 0 aromatic heterocycles. The largest absolute Gasteiger partial charge is 0.478 e. The normalized spacial score (nSPS) is 34.8. The van der Waals surface area contributed by atoms with Crippen molar-refractivity contribution in [2.45, 2.75) is 102 Å². The zero-order chi connectivity index (χ0) is 27.8. The molecular formula is C31H46O7. The lowest BCUT2D eigenvalue weighted by Gasteiger charge is -2.46. The third-order valence-corrected chi connectivity index (χ3v) is 8.14. The van der Waals surface area contributed by atoms with E-state index in [-0.39, 0.29) is 41.3 Å². The summed E-state index contributed by atoms with van der Waals surface area (Å²) in [5, 5.41) is 8.59. The summed E-state index contributed by atoms with van der Waals surface area (Å²) in [6.07, 6.45) is 19.0. The number of allylic oxidation sites excluding steroid dienone is 6. The smallest absolute Gasteiger partial charge is 0.331 e. The van der Waals surface area contributed by atoms with E-state index in [1.165, 1.54) is 12.2 Å². The van der Waals surface area contributed by atoms with Crippen LogP contribution < -0.4 is 0 Å². The molecule has 7 nitrogen and oxygen atoms in total. The quantitative estimate of drug-likeness (QED) is 0.0939. The van der Waals surface area contributed by atoms with Crippen molar-refractivity contribution in [3.05, 3.63) is 48.6 Å². The minimum absolute atomic E-state index is 0.00487. The van der Waals surface area contributed by atoms with E-state index in [1.807, 2.05) is 0 Å². The molecule has 0 amide bonds. The van der Waals surface area contributed by atoms with E-state index >= 15 is 0 Å². The van der Waals surface area contributed by atoms with Crippen LogP contribution in [0.5, 0.6) is 0 Å². The summed E-state index contributed by atoms with van der Waals surface area (Å²) in [5.74, 6) is -0.611. The maximum atomic E-state index is 12.9. The van der Waals surface area contributed by atoms with E-state index in [0.29, 0.717) is 12.5 Å². The Hall–Kier alpha value is -2.22. The van der Waals surface area contributed by atoms with Gasteiger partial charge in [-0.25, -0.2) is 9.59 Å². The van der Waals surface area contributed by atoms with Crippen molar-refractivity contribution in [3.8, 4) is 0 Å². The van der Waals surface area contributed by atoms with Gasteiger partial charge >= 0.3 is 11.9 Å². The Labute approximate surface area is 227 Å². The number of epoxide rings is 2. The molecule has 0 aromatic carbocycles. The first kappa shape index (κ1) is 30.3. The zero-order valence-electron chi connectivity index (χ0n) is 23.6. The Morgan fingerprint density at radius 2 is 1.68 bits per heavy atom. The van der Waals surface area contributed by atoms with Gasteiger partial charge in [-0.1, -0.05) is 76.5 Å². The zero-order valence-corrected chi connectivity index (χ0v) is 23.6. The molecule has 2 heterocycles. The Balaban J connectivity index is 1.72. The first-order valence-electron chi connectivity index (χ1n) is 14.1. The minimum atomic E-state index is -0.999. The first-order valence-corrected chi connectivity index (χ1v) is 14.1.